The minimum absolute atomic E-state index is 0.186. The SMILES string of the molecule is N#C/C(C(N)=O)=C1/SC(Cc2cc(Cl)ccc2Cl)C(=O)N1c1ccc(Cl)cc1. The second-order valence-electron chi connectivity index (χ2n) is 5.85. The first-order valence-corrected chi connectivity index (χ1v) is 9.97. The Balaban J connectivity index is 2.05. The summed E-state index contributed by atoms with van der Waals surface area (Å²) >= 11 is 19.3. The number of nitrogens with zero attached hydrogens (tertiary/aromatic N) is 2. The molecule has 9 heteroatoms. The van der Waals surface area contributed by atoms with Crippen LogP contribution in [0.25, 0.3) is 0 Å². The standard InChI is InChI=1S/C19H12Cl3N3O2S/c20-11-1-4-13(5-2-11)25-18(27)16(28-19(25)14(9-23)17(24)26)8-10-7-12(21)3-6-15(10)22/h1-7,16H,8H2,(H2,24,26)/b19-14-. The Bertz CT molecular complexity index is 1030. The molecule has 0 spiro atoms. The summed E-state index contributed by atoms with van der Waals surface area (Å²) in [6.45, 7) is 0. The van der Waals surface area contributed by atoms with Gasteiger partial charge >= 0.3 is 0 Å². The summed E-state index contributed by atoms with van der Waals surface area (Å²) in [6, 6.07) is 13.3. The number of halogens is 3. The summed E-state index contributed by atoms with van der Waals surface area (Å²) in [6.07, 6.45) is 0.272. The molecule has 1 aliphatic heterocycles. The Hall–Kier alpha value is -2.17. The zero-order valence-electron chi connectivity index (χ0n) is 14.2. The van der Waals surface area contributed by atoms with Crippen LogP contribution in [0.2, 0.25) is 15.1 Å². The van der Waals surface area contributed by atoms with E-state index in [4.69, 9.17) is 40.5 Å². The van der Waals surface area contributed by atoms with Crippen LogP contribution < -0.4 is 10.6 Å². The van der Waals surface area contributed by atoms with Crippen molar-refractivity contribution in [3.05, 3.63) is 73.7 Å². The third-order valence-electron chi connectivity index (χ3n) is 4.02. The van der Waals surface area contributed by atoms with E-state index in [9.17, 15) is 14.9 Å². The van der Waals surface area contributed by atoms with E-state index in [1.54, 1.807) is 48.5 Å². The highest BCUT2D eigenvalue weighted by Crippen LogP contribution is 2.42. The van der Waals surface area contributed by atoms with E-state index >= 15 is 0 Å². The molecule has 142 valence electrons. The molecule has 0 saturated carbocycles. The lowest BCUT2D eigenvalue weighted by Crippen LogP contribution is -2.31. The zero-order chi connectivity index (χ0) is 20.4. The Morgan fingerprint density at radius 3 is 2.39 bits per heavy atom. The lowest BCUT2D eigenvalue weighted by molar-refractivity contribution is -0.117. The van der Waals surface area contributed by atoms with Crippen LogP contribution in [-0.4, -0.2) is 17.1 Å². The predicted octanol–water partition coefficient (Wildman–Crippen LogP) is 4.56. The van der Waals surface area contributed by atoms with Gasteiger partial charge in [-0.15, -0.1) is 0 Å². The first kappa shape index (κ1) is 20.6. The number of rotatable bonds is 4. The van der Waals surface area contributed by atoms with Crippen LogP contribution in [0.4, 0.5) is 5.69 Å². The first-order valence-electron chi connectivity index (χ1n) is 7.96. The molecule has 28 heavy (non-hydrogen) atoms. The van der Waals surface area contributed by atoms with E-state index < -0.39 is 11.2 Å². The van der Waals surface area contributed by atoms with Gasteiger partial charge in [0.1, 0.15) is 16.7 Å². The van der Waals surface area contributed by atoms with Crippen LogP contribution in [0, 0.1) is 11.3 Å². The van der Waals surface area contributed by atoms with Crippen LogP contribution in [0.15, 0.2) is 53.1 Å². The van der Waals surface area contributed by atoms with Gasteiger partial charge in [-0.2, -0.15) is 5.26 Å². The maximum Gasteiger partial charge on any atom is 0.262 e. The number of primary amides is 1. The van der Waals surface area contributed by atoms with E-state index in [0.29, 0.717) is 26.3 Å². The number of carbonyl (C=O) groups excluding carboxylic acids is 2. The lowest BCUT2D eigenvalue weighted by atomic mass is 10.1. The maximum absolute atomic E-state index is 13.1. The smallest absolute Gasteiger partial charge is 0.262 e. The number of carbonyl (C=O) groups is 2. The van der Waals surface area contributed by atoms with Crippen molar-refractivity contribution in [2.24, 2.45) is 5.73 Å². The van der Waals surface area contributed by atoms with Crippen LogP contribution in [0.3, 0.4) is 0 Å². The monoisotopic (exact) mass is 451 g/mol. The number of nitriles is 1. The van der Waals surface area contributed by atoms with Crippen LogP contribution in [-0.2, 0) is 16.0 Å². The summed E-state index contributed by atoms with van der Waals surface area (Å²) in [7, 11) is 0. The molecule has 5 nitrogen and oxygen atoms in total. The van der Waals surface area contributed by atoms with Crippen molar-refractivity contribution in [3.8, 4) is 6.07 Å². The van der Waals surface area contributed by atoms with Crippen molar-refractivity contribution in [2.45, 2.75) is 11.7 Å². The highest BCUT2D eigenvalue weighted by molar-refractivity contribution is 8.05. The first-order chi connectivity index (χ1) is 13.3. The Kier molecular flexibility index (Phi) is 6.21. The quantitative estimate of drug-likeness (QED) is 0.544. The van der Waals surface area contributed by atoms with Gasteiger partial charge in [-0.3, -0.25) is 14.5 Å². The summed E-state index contributed by atoms with van der Waals surface area (Å²) in [5.74, 6) is -1.20. The van der Waals surface area contributed by atoms with Crippen molar-refractivity contribution >= 4 is 64.1 Å². The van der Waals surface area contributed by atoms with Crippen molar-refractivity contribution in [1.29, 1.82) is 5.26 Å². The fourth-order valence-corrected chi connectivity index (χ4v) is 4.54. The second-order valence-corrected chi connectivity index (χ2v) is 8.32. The molecular weight excluding hydrogens is 441 g/mol. The van der Waals surface area contributed by atoms with Gasteiger partial charge in [0.15, 0.2) is 0 Å². The fourth-order valence-electron chi connectivity index (χ4n) is 2.72. The van der Waals surface area contributed by atoms with E-state index in [0.717, 1.165) is 11.8 Å². The Morgan fingerprint density at radius 1 is 1.14 bits per heavy atom. The lowest BCUT2D eigenvalue weighted by Gasteiger charge is -2.18. The molecule has 2 amide bonds. The van der Waals surface area contributed by atoms with Gasteiger partial charge in [-0.05, 0) is 54.4 Å². The average Bonchev–Trinajstić information content (AvgIpc) is 2.95. The molecule has 3 rings (SSSR count). The van der Waals surface area contributed by atoms with Gasteiger partial charge in [-0.1, -0.05) is 46.6 Å². The molecule has 2 aromatic rings. The van der Waals surface area contributed by atoms with Crippen LogP contribution >= 0.6 is 46.6 Å². The molecule has 1 unspecified atom stereocenters. The van der Waals surface area contributed by atoms with Gasteiger partial charge < -0.3 is 5.73 Å². The molecule has 1 saturated heterocycles. The van der Waals surface area contributed by atoms with Gasteiger partial charge in [0.25, 0.3) is 5.91 Å². The summed E-state index contributed by atoms with van der Waals surface area (Å²) in [5, 5.41) is 10.4. The number of hydrogen-bond acceptors (Lipinski definition) is 4. The minimum Gasteiger partial charge on any atom is -0.365 e. The summed E-state index contributed by atoms with van der Waals surface area (Å²) in [5.41, 5.74) is 6.23. The topological polar surface area (TPSA) is 87.2 Å². The molecule has 2 N–H and O–H groups in total. The van der Waals surface area contributed by atoms with Gasteiger partial charge in [0, 0.05) is 20.8 Å². The number of anilines is 1. The second kappa shape index (κ2) is 8.46. The third-order valence-corrected chi connectivity index (χ3v) is 6.14. The van der Waals surface area contributed by atoms with Crippen LogP contribution in [0.1, 0.15) is 5.56 Å². The van der Waals surface area contributed by atoms with Gasteiger partial charge in [0.2, 0.25) is 5.91 Å². The van der Waals surface area contributed by atoms with E-state index in [1.165, 1.54) is 4.90 Å². The molecule has 2 aromatic carbocycles. The van der Waals surface area contributed by atoms with Crippen molar-refractivity contribution in [3.63, 3.8) is 0 Å². The van der Waals surface area contributed by atoms with E-state index in [-0.39, 0.29) is 22.9 Å². The van der Waals surface area contributed by atoms with Gasteiger partial charge in [0.05, 0.1) is 5.25 Å². The summed E-state index contributed by atoms with van der Waals surface area (Å²) in [4.78, 5) is 26.2. The molecule has 1 heterocycles. The Labute approximate surface area is 180 Å². The largest absolute Gasteiger partial charge is 0.365 e. The number of benzene rings is 2. The van der Waals surface area contributed by atoms with Crippen molar-refractivity contribution in [2.75, 3.05) is 4.90 Å². The Morgan fingerprint density at radius 2 is 1.79 bits per heavy atom. The number of thioether (sulfide) groups is 1. The molecule has 0 aliphatic carbocycles. The highest BCUT2D eigenvalue weighted by atomic mass is 35.5. The van der Waals surface area contributed by atoms with E-state index in [2.05, 4.69) is 0 Å². The summed E-state index contributed by atoms with van der Waals surface area (Å²) < 4.78 is 0. The van der Waals surface area contributed by atoms with Gasteiger partial charge in [-0.25, -0.2) is 0 Å². The predicted molar refractivity (Wildman–Crippen MR) is 112 cm³/mol. The zero-order valence-corrected chi connectivity index (χ0v) is 17.2. The highest BCUT2D eigenvalue weighted by Gasteiger charge is 2.40. The fraction of sp³-hybridized carbons (Fsp3) is 0.105. The van der Waals surface area contributed by atoms with Crippen LogP contribution in [0.5, 0.6) is 0 Å². The van der Waals surface area contributed by atoms with Crippen molar-refractivity contribution in [1.82, 2.24) is 0 Å². The molecule has 1 fully saturated rings. The average molecular weight is 453 g/mol. The van der Waals surface area contributed by atoms with E-state index in [1.807, 2.05) is 0 Å². The molecule has 1 atom stereocenters. The maximum atomic E-state index is 13.1. The molecular formula is C19H12Cl3N3O2S. The minimum atomic E-state index is -0.904. The molecule has 0 radical (unpaired) electrons. The number of amides is 2. The third kappa shape index (κ3) is 4.13. The van der Waals surface area contributed by atoms with Crippen molar-refractivity contribution < 1.29 is 9.59 Å². The molecule has 1 aliphatic rings. The number of hydrogen-bond donors (Lipinski definition) is 1. The normalized spacial score (nSPS) is 18.1. The molecule has 0 bridgehead atoms. The molecule has 0 aromatic heterocycles. The number of nitrogens with two attached hydrogens (primary N) is 1.